The highest BCUT2D eigenvalue weighted by Gasteiger charge is 2.52. The van der Waals surface area contributed by atoms with E-state index >= 15 is 4.39 Å². The molecule has 3 aliphatic heterocycles. The molecule has 3 atom stereocenters. The standard InChI is InChI=1S/C42H47BFN5O6S/c1-22(2)35(47-40(51)52-7)38(50)48-18-8-9-30(48)37-45-21-28(46-37)24-12-14-26-31(19-24)53-39(33-17-16-32(56-33)23-10-11-23)49-29-15-13-25(20-27(29)34(44)36(26)49)43-54-41(3,4)42(5,6)55-43/h12-17,19-23,30,35,39H,8-11,18H2,1-7H3,(H,45,46)(H,47,51). The summed E-state index contributed by atoms with van der Waals surface area (Å²) >= 11 is 1.73. The Kier molecular flexibility index (Phi) is 8.90. The van der Waals surface area contributed by atoms with E-state index in [2.05, 4.69) is 22.4 Å². The van der Waals surface area contributed by atoms with Gasteiger partial charge in [-0.3, -0.25) is 9.36 Å². The van der Waals surface area contributed by atoms with Crippen LogP contribution in [-0.4, -0.2) is 69.5 Å². The van der Waals surface area contributed by atoms with E-state index in [-0.39, 0.29) is 23.7 Å². The Morgan fingerprint density at radius 1 is 1.04 bits per heavy atom. The fourth-order valence-corrected chi connectivity index (χ4v) is 9.39. The number of fused-ring (bicyclic) bond motifs is 5. The zero-order valence-corrected chi connectivity index (χ0v) is 33.6. The topological polar surface area (TPSA) is 120 Å². The number of likely N-dealkylation sites (tertiary alicyclic amines) is 1. The molecule has 5 aromatic rings. The second-order valence-corrected chi connectivity index (χ2v) is 18.0. The lowest BCUT2D eigenvalue weighted by Crippen LogP contribution is -2.51. The summed E-state index contributed by atoms with van der Waals surface area (Å²) in [6.07, 6.45) is 4.47. The van der Waals surface area contributed by atoms with Crippen molar-refractivity contribution in [3.05, 3.63) is 76.1 Å². The van der Waals surface area contributed by atoms with E-state index in [1.165, 1.54) is 24.8 Å². The number of aromatic nitrogens is 3. The predicted molar refractivity (Wildman–Crippen MR) is 214 cm³/mol. The number of rotatable bonds is 8. The van der Waals surface area contributed by atoms with Crippen LogP contribution >= 0.6 is 11.3 Å². The van der Waals surface area contributed by atoms with Crippen LogP contribution in [-0.2, 0) is 18.8 Å². The maximum Gasteiger partial charge on any atom is 0.494 e. The van der Waals surface area contributed by atoms with Crippen molar-refractivity contribution in [1.82, 2.24) is 24.8 Å². The van der Waals surface area contributed by atoms with Crippen LogP contribution in [0.5, 0.6) is 5.75 Å². The lowest BCUT2D eigenvalue weighted by Gasteiger charge is -2.32. The molecule has 56 heavy (non-hydrogen) atoms. The highest BCUT2D eigenvalue weighted by Crippen LogP contribution is 2.50. The van der Waals surface area contributed by atoms with Gasteiger partial charge in [-0.1, -0.05) is 32.0 Å². The Labute approximate surface area is 330 Å². The molecule has 3 aromatic heterocycles. The molecule has 14 heteroatoms. The molecule has 0 bridgehead atoms. The molecule has 2 N–H and O–H groups in total. The molecule has 292 valence electrons. The predicted octanol–water partition coefficient (Wildman–Crippen LogP) is 8.06. The summed E-state index contributed by atoms with van der Waals surface area (Å²) in [5, 5.41) is 3.18. The number of amides is 2. The van der Waals surface area contributed by atoms with Gasteiger partial charge in [-0.2, -0.15) is 0 Å². The van der Waals surface area contributed by atoms with Crippen molar-refractivity contribution in [2.24, 2.45) is 5.92 Å². The number of imidazole rings is 1. The van der Waals surface area contributed by atoms with Crippen LogP contribution < -0.4 is 15.5 Å². The zero-order valence-electron chi connectivity index (χ0n) is 32.8. The smallest absolute Gasteiger partial charge is 0.464 e. The van der Waals surface area contributed by atoms with E-state index in [1.807, 2.05) is 82.5 Å². The molecule has 0 radical (unpaired) electrons. The molecule has 0 spiro atoms. The summed E-state index contributed by atoms with van der Waals surface area (Å²) in [5.41, 5.74) is 3.13. The van der Waals surface area contributed by atoms with Gasteiger partial charge in [0, 0.05) is 27.9 Å². The van der Waals surface area contributed by atoms with Gasteiger partial charge in [0.15, 0.2) is 5.82 Å². The Hall–Kier alpha value is -4.66. The number of alkyl carbamates (subject to hydrolysis) is 1. The Morgan fingerprint density at radius 3 is 2.50 bits per heavy atom. The number of carbonyl (C=O) groups excluding carboxylic acids is 2. The first-order valence-electron chi connectivity index (χ1n) is 19.5. The molecule has 6 heterocycles. The first-order chi connectivity index (χ1) is 26.7. The number of halogens is 1. The third-order valence-electron chi connectivity index (χ3n) is 12.2. The van der Waals surface area contributed by atoms with Gasteiger partial charge >= 0.3 is 13.2 Å². The van der Waals surface area contributed by atoms with Gasteiger partial charge in [-0.05, 0) is 101 Å². The second-order valence-electron chi connectivity index (χ2n) is 16.8. The molecule has 1 saturated carbocycles. The summed E-state index contributed by atoms with van der Waals surface area (Å²) in [5.74, 6) is 1.19. The normalized spacial score (nSPS) is 21.6. The van der Waals surface area contributed by atoms with Crippen LogP contribution in [0.2, 0.25) is 0 Å². The average molecular weight is 780 g/mol. The van der Waals surface area contributed by atoms with E-state index in [1.54, 1.807) is 22.4 Å². The van der Waals surface area contributed by atoms with Crippen LogP contribution in [0.4, 0.5) is 9.18 Å². The largest absolute Gasteiger partial charge is 0.494 e. The van der Waals surface area contributed by atoms with E-state index in [0.717, 1.165) is 40.0 Å². The maximum absolute atomic E-state index is 17.1. The lowest BCUT2D eigenvalue weighted by atomic mass is 9.78. The van der Waals surface area contributed by atoms with E-state index in [4.69, 9.17) is 23.8 Å². The number of hydrogen-bond donors (Lipinski definition) is 2. The highest BCUT2D eigenvalue weighted by atomic mass is 32.1. The maximum atomic E-state index is 17.1. The first kappa shape index (κ1) is 37.0. The van der Waals surface area contributed by atoms with Crippen molar-refractivity contribution < 1.29 is 32.8 Å². The van der Waals surface area contributed by atoms with Gasteiger partial charge in [-0.25, -0.2) is 14.2 Å². The molecule has 9 rings (SSSR count). The SMILES string of the molecule is COC(=O)NC(C(=O)N1CCCC1c1ncc(-c2ccc3c(c2)OC(c2ccc(C4CC4)s2)n2c-3c(F)c3cc(B4OC(C)(C)C(C)(C)O4)ccc32)[nH]1)C(C)C. The van der Waals surface area contributed by atoms with E-state index in [9.17, 15) is 9.59 Å². The molecule has 4 aliphatic rings. The van der Waals surface area contributed by atoms with Gasteiger partial charge < -0.3 is 34.0 Å². The number of aromatic amines is 1. The minimum Gasteiger partial charge on any atom is -0.464 e. The fourth-order valence-electron chi connectivity index (χ4n) is 8.19. The Balaban J connectivity index is 1.07. The van der Waals surface area contributed by atoms with Crippen LogP contribution in [0.25, 0.3) is 33.4 Å². The van der Waals surface area contributed by atoms with Crippen LogP contribution in [0.15, 0.2) is 54.7 Å². The third kappa shape index (κ3) is 6.11. The molecular formula is C42H47BFN5O6S. The summed E-state index contributed by atoms with van der Waals surface area (Å²) in [6, 6.07) is 14.9. The zero-order chi connectivity index (χ0) is 39.3. The highest BCUT2D eigenvalue weighted by molar-refractivity contribution is 7.12. The molecule has 1 aliphatic carbocycles. The number of ether oxygens (including phenoxy) is 2. The summed E-state index contributed by atoms with van der Waals surface area (Å²) < 4.78 is 43.4. The van der Waals surface area contributed by atoms with Crippen molar-refractivity contribution in [2.45, 2.75) is 103 Å². The van der Waals surface area contributed by atoms with E-state index in [0.29, 0.717) is 40.7 Å². The van der Waals surface area contributed by atoms with Gasteiger partial charge in [-0.15, -0.1) is 11.3 Å². The summed E-state index contributed by atoms with van der Waals surface area (Å²) in [6.45, 7) is 12.4. The number of hydrogen-bond acceptors (Lipinski definition) is 8. The van der Waals surface area contributed by atoms with Crippen molar-refractivity contribution in [2.75, 3.05) is 13.7 Å². The molecule has 3 unspecified atom stereocenters. The minimum absolute atomic E-state index is 0.135. The van der Waals surface area contributed by atoms with Crippen molar-refractivity contribution in [3.8, 4) is 28.3 Å². The summed E-state index contributed by atoms with van der Waals surface area (Å²) in [7, 11) is 0.664. The van der Waals surface area contributed by atoms with Gasteiger partial charge in [0.05, 0.1) is 52.3 Å². The average Bonchev–Trinajstić information content (AvgIpc) is 3.57. The fraction of sp³-hybridized carbons (Fsp3) is 0.452. The first-order valence-corrected chi connectivity index (χ1v) is 20.4. The van der Waals surface area contributed by atoms with Crippen LogP contribution in [0.3, 0.4) is 0 Å². The molecule has 11 nitrogen and oxygen atoms in total. The number of methoxy groups -OCH3 is 1. The molecular weight excluding hydrogens is 732 g/mol. The Bertz CT molecular complexity index is 2350. The summed E-state index contributed by atoms with van der Waals surface area (Å²) in [4.78, 5) is 38.1. The number of benzene rings is 2. The van der Waals surface area contributed by atoms with Crippen LogP contribution in [0, 0.1) is 11.7 Å². The second kappa shape index (κ2) is 13.5. The van der Waals surface area contributed by atoms with Gasteiger partial charge in [0.1, 0.15) is 17.6 Å². The van der Waals surface area contributed by atoms with Gasteiger partial charge in [0.2, 0.25) is 12.1 Å². The van der Waals surface area contributed by atoms with Crippen LogP contribution in [0.1, 0.15) is 101 Å². The number of H-pyrrole nitrogens is 1. The lowest BCUT2D eigenvalue weighted by molar-refractivity contribution is -0.135. The quantitative estimate of drug-likeness (QED) is 0.153. The Morgan fingerprint density at radius 2 is 1.79 bits per heavy atom. The molecule has 2 saturated heterocycles. The van der Waals surface area contributed by atoms with Crippen molar-refractivity contribution in [1.29, 1.82) is 0 Å². The van der Waals surface area contributed by atoms with Crippen molar-refractivity contribution >= 4 is 46.8 Å². The molecule has 3 fully saturated rings. The van der Waals surface area contributed by atoms with Crippen molar-refractivity contribution in [3.63, 3.8) is 0 Å². The number of nitrogens with one attached hydrogen (secondary N) is 2. The minimum atomic E-state index is -0.724. The van der Waals surface area contributed by atoms with Gasteiger partial charge in [0.25, 0.3) is 0 Å². The number of carbonyl (C=O) groups is 2. The number of thiophene rings is 1. The van der Waals surface area contributed by atoms with E-state index < -0.39 is 36.7 Å². The number of nitrogens with zero attached hydrogens (tertiary/aromatic N) is 3. The third-order valence-corrected chi connectivity index (χ3v) is 13.5. The molecule has 2 aromatic carbocycles. The monoisotopic (exact) mass is 779 g/mol. The molecule has 2 amide bonds.